The molecule has 0 spiro atoms. The third-order valence-corrected chi connectivity index (χ3v) is 6.73. The molecule has 1 fully saturated rings. The highest BCUT2D eigenvalue weighted by Gasteiger charge is 2.18. The lowest BCUT2D eigenvalue weighted by molar-refractivity contribution is 0.0525. The number of alkyl carbamates (subject to hydrolysis) is 1. The minimum atomic E-state index is -3.61. The third-order valence-electron chi connectivity index (χ3n) is 6.18. The van der Waals surface area contributed by atoms with E-state index in [-0.39, 0.29) is 6.61 Å². The second kappa shape index (κ2) is 14.5. The molecule has 3 aromatic rings. The van der Waals surface area contributed by atoms with Crippen LogP contribution in [0.4, 0.5) is 22.1 Å². The molecule has 0 aliphatic carbocycles. The zero-order chi connectivity index (χ0) is 30.9. The maximum Gasteiger partial charge on any atom is 0.407 e. The van der Waals surface area contributed by atoms with Crippen molar-refractivity contribution < 1.29 is 31.6 Å². The van der Waals surface area contributed by atoms with Gasteiger partial charge in [0.05, 0.1) is 38.4 Å². The summed E-state index contributed by atoms with van der Waals surface area (Å²) >= 11 is 0. The van der Waals surface area contributed by atoms with Crippen molar-refractivity contribution in [2.75, 3.05) is 55.9 Å². The molecule has 1 amide bonds. The second-order valence-electron chi connectivity index (χ2n) is 11.0. The van der Waals surface area contributed by atoms with Crippen LogP contribution in [-0.4, -0.2) is 75.8 Å². The molecule has 2 heterocycles. The van der Waals surface area contributed by atoms with Crippen LogP contribution in [0, 0.1) is 0 Å². The molecule has 1 saturated heterocycles. The molecular formula is C30H39N5O7S. The fourth-order valence-corrected chi connectivity index (χ4v) is 4.60. The minimum absolute atomic E-state index is 0.0867. The fourth-order valence-electron chi connectivity index (χ4n) is 4.26. The summed E-state index contributed by atoms with van der Waals surface area (Å²) in [6.07, 6.45) is 2.90. The number of carbonyl (C=O) groups is 1. The van der Waals surface area contributed by atoms with Crippen molar-refractivity contribution in [3.05, 3.63) is 60.3 Å². The number of morpholine rings is 1. The van der Waals surface area contributed by atoms with E-state index < -0.39 is 21.8 Å². The molecule has 2 N–H and O–H groups in total. The van der Waals surface area contributed by atoms with Crippen LogP contribution in [0.15, 0.2) is 54.7 Å². The van der Waals surface area contributed by atoms with Gasteiger partial charge in [-0.1, -0.05) is 0 Å². The molecule has 1 aliphatic rings. The molecule has 4 rings (SSSR count). The average molecular weight is 614 g/mol. The zero-order valence-corrected chi connectivity index (χ0v) is 25.8. The van der Waals surface area contributed by atoms with Gasteiger partial charge in [0.15, 0.2) is 0 Å². The van der Waals surface area contributed by atoms with Crippen molar-refractivity contribution in [3.8, 4) is 17.0 Å². The number of carbonyl (C=O) groups excluding carboxylic acids is 1. The lowest BCUT2D eigenvalue weighted by atomic mass is 10.1. The van der Waals surface area contributed by atoms with Crippen molar-refractivity contribution in [3.63, 3.8) is 0 Å². The van der Waals surface area contributed by atoms with Gasteiger partial charge < -0.3 is 29.7 Å². The van der Waals surface area contributed by atoms with Gasteiger partial charge >= 0.3 is 6.09 Å². The van der Waals surface area contributed by atoms with Crippen LogP contribution in [0.3, 0.4) is 0 Å². The number of nitrogens with zero attached hydrogens (tertiary/aromatic N) is 3. The highest BCUT2D eigenvalue weighted by atomic mass is 32.2. The van der Waals surface area contributed by atoms with E-state index >= 15 is 0 Å². The first kappa shape index (κ1) is 32.0. The van der Waals surface area contributed by atoms with E-state index in [9.17, 15) is 13.2 Å². The number of nitrogens with one attached hydrogen (secondary N) is 2. The monoisotopic (exact) mass is 613 g/mol. The fraction of sp³-hybridized carbons (Fsp3) is 0.433. The predicted octanol–water partition coefficient (Wildman–Crippen LogP) is 4.49. The maximum atomic E-state index is 11.7. The summed E-state index contributed by atoms with van der Waals surface area (Å²) in [4.78, 5) is 22.9. The molecule has 0 unspecified atom stereocenters. The SMILES string of the molecule is CC(C)(C)OC(=O)NCCCOc1ccc(-c2ccnc(Nc3ccc(N4CCOCC4)c(COS(C)(=O)=O)c3)n2)cc1. The lowest BCUT2D eigenvalue weighted by Gasteiger charge is -2.30. The van der Waals surface area contributed by atoms with Crippen LogP contribution >= 0.6 is 0 Å². The smallest absolute Gasteiger partial charge is 0.407 e. The number of rotatable bonds is 12. The first-order chi connectivity index (χ1) is 20.4. The summed E-state index contributed by atoms with van der Waals surface area (Å²) in [7, 11) is -3.61. The van der Waals surface area contributed by atoms with Gasteiger partial charge in [-0.2, -0.15) is 8.42 Å². The largest absolute Gasteiger partial charge is 0.494 e. The van der Waals surface area contributed by atoms with Crippen molar-refractivity contribution >= 4 is 33.5 Å². The van der Waals surface area contributed by atoms with Crippen LogP contribution in [0.1, 0.15) is 32.8 Å². The van der Waals surface area contributed by atoms with Crippen LogP contribution < -0.4 is 20.3 Å². The number of anilines is 3. The molecule has 0 radical (unpaired) electrons. The Hall–Kier alpha value is -3.94. The summed E-state index contributed by atoms with van der Waals surface area (Å²) in [5, 5.41) is 5.93. The number of aromatic nitrogens is 2. The van der Waals surface area contributed by atoms with E-state index in [1.807, 2.05) is 69.3 Å². The lowest BCUT2D eigenvalue weighted by Crippen LogP contribution is -2.36. The van der Waals surface area contributed by atoms with Gasteiger partial charge in [0.1, 0.15) is 11.4 Å². The Morgan fingerprint density at radius 1 is 1.07 bits per heavy atom. The van der Waals surface area contributed by atoms with E-state index in [0.29, 0.717) is 63.3 Å². The van der Waals surface area contributed by atoms with Crippen molar-refractivity contribution in [2.45, 2.75) is 39.4 Å². The average Bonchev–Trinajstić information content (AvgIpc) is 2.96. The number of ether oxygens (including phenoxy) is 3. The molecule has 0 saturated carbocycles. The quantitative estimate of drug-likeness (QED) is 0.220. The molecule has 1 aromatic heterocycles. The van der Waals surface area contributed by atoms with Gasteiger partial charge in [0, 0.05) is 48.3 Å². The van der Waals surface area contributed by atoms with Crippen molar-refractivity contribution in [1.29, 1.82) is 0 Å². The van der Waals surface area contributed by atoms with Gasteiger partial charge in [0.25, 0.3) is 10.1 Å². The summed E-state index contributed by atoms with van der Waals surface area (Å²) in [6.45, 7) is 8.89. The van der Waals surface area contributed by atoms with Gasteiger partial charge in [-0.3, -0.25) is 4.18 Å². The van der Waals surface area contributed by atoms with Gasteiger partial charge in [-0.05, 0) is 75.7 Å². The molecule has 1 aliphatic heterocycles. The van der Waals surface area contributed by atoms with Gasteiger partial charge in [0.2, 0.25) is 5.95 Å². The van der Waals surface area contributed by atoms with Crippen LogP contribution in [-0.2, 0) is 30.4 Å². The molecule has 12 nitrogen and oxygen atoms in total. The van der Waals surface area contributed by atoms with E-state index in [1.54, 1.807) is 6.20 Å². The Morgan fingerprint density at radius 2 is 1.81 bits per heavy atom. The molecule has 2 aromatic carbocycles. The number of benzene rings is 2. The van der Waals surface area contributed by atoms with Gasteiger partial charge in [-0.25, -0.2) is 14.8 Å². The summed E-state index contributed by atoms with van der Waals surface area (Å²) in [5.41, 5.74) is 3.40. The summed E-state index contributed by atoms with van der Waals surface area (Å²) in [5.74, 6) is 1.10. The van der Waals surface area contributed by atoms with Crippen LogP contribution in [0.5, 0.6) is 5.75 Å². The van der Waals surface area contributed by atoms with E-state index in [4.69, 9.17) is 18.4 Å². The van der Waals surface area contributed by atoms with E-state index in [1.165, 1.54) is 0 Å². The highest BCUT2D eigenvalue weighted by Crippen LogP contribution is 2.28. The minimum Gasteiger partial charge on any atom is -0.494 e. The van der Waals surface area contributed by atoms with Crippen molar-refractivity contribution in [1.82, 2.24) is 15.3 Å². The zero-order valence-electron chi connectivity index (χ0n) is 25.0. The Kier molecular flexibility index (Phi) is 10.8. The highest BCUT2D eigenvalue weighted by molar-refractivity contribution is 7.85. The molecule has 13 heteroatoms. The predicted molar refractivity (Wildman–Crippen MR) is 164 cm³/mol. The third kappa shape index (κ3) is 10.7. The Labute approximate surface area is 252 Å². The Morgan fingerprint density at radius 3 is 2.51 bits per heavy atom. The van der Waals surface area contributed by atoms with Gasteiger partial charge in [-0.15, -0.1) is 0 Å². The second-order valence-corrected chi connectivity index (χ2v) is 12.6. The first-order valence-corrected chi connectivity index (χ1v) is 15.9. The molecule has 0 atom stereocenters. The molecule has 0 bridgehead atoms. The van der Waals surface area contributed by atoms with E-state index in [0.717, 1.165) is 28.8 Å². The number of hydrogen-bond acceptors (Lipinski definition) is 11. The van der Waals surface area contributed by atoms with Crippen molar-refractivity contribution in [2.24, 2.45) is 0 Å². The first-order valence-electron chi connectivity index (χ1n) is 14.1. The molecule has 43 heavy (non-hydrogen) atoms. The number of hydrogen-bond donors (Lipinski definition) is 2. The maximum absolute atomic E-state index is 11.7. The number of amides is 1. The van der Waals surface area contributed by atoms with E-state index in [2.05, 4.69) is 25.5 Å². The standard InChI is InChI=1S/C30H39N5O7S/c1-30(2,3)42-29(36)32-13-5-17-40-25-9-6-22(7-10-25)26-12-14-31-28(34-26)33-24-8-11-27(35-15-18-39-19-16-35)23(20-24)21-41-43(4,37)38/h6-12,14,20H,5,13,15-19,21H2,1-4H3,(H,32,36)(H,31,33,34). The Bertz CT molecular complexity index is 1470. The van der Waals surface area contributed by atoms with Crippen LogP contribution in [0.25, 0.3) is 11.3 Å². The molecule has 232 valence electrons. The summed E-state index contributed by atoms with van der Waals surface area (Å²) < 4.78 is 45.0. The topological polar surface area (TPSA) is 141 Å². The summed E-state index contributed by atoms with van der Waals surface area (Å²) in [6, 6.07) is 15.1. The van der Waals surface area contributed by atoms with Crippen LogP contribution in [0.2, 0.25) is 0 Å². The normalized spacial score (nSPS) is 13.8. The Balaban J connectivity index is 1.36. The molecular weight excluding hydrogens is 574 g/mol.